The van der Waals surface area contributed by atoms with Crippen molar-refractivity contribution < 1.29 is 10.2 Å². The summed E-state index contributed by atoms with van der Waals surface area (Å²) in [6.07, 6.45) is 0. The number of aromatic hydroxyl groups is 1. The number of phenols is 1. The number of hydrogen-bond donors (Lipinski definition) is 2. The van der Waals surface area contributed by atoms with Crippen molar-refractivity contribution in [3.05, 3.63) is 52.6 Å². The normalized spacial score (nSPS) is 12.3. The van der Waals surface area contributed by atoms with Gasteiger partial charge in [-0.1, -0.05) is 59.2 Å². The van der Waals surface area contributed by atoms with Crippen molar-refractivity contribution in [2.75, 3.05) is 0 Å². The SMILES string of the molecule is Cc1ccc(Pc2cc(C(C)(C)C)cc(C)c2O)c(CO)c1. The molecule has 0 saturated heterocycles. The van der Waals surface area contributed by atoms with Crippen molar-refractivity contribution in [3.63, 3.8) is 0 Å². The van der Waals surface area contributed by atoms with Gasteiger partial charge in [-0.2, -0.15) is 0 Å². The van der Waals surface area contributed by atoms with E-state index in [-0.39, 0.29) is 12.0 Å². The molecule has 0 heterocycles. The summed E-state index contributed by atoms with van der Waals surface area (Å²) in [6.45, 7) is 10.5. The van der Waals surface area contributed by atoms with Crippen LogP contribution < -0.4 is 10.6 Å². The Morgan fingerprint density at radius 2 is 1.68 bits per heavy atom. The highest BCUT2D eigenvalue weighted by Crippen LogP contribution is 2.30. The van der Waals surface area contributed by atoms with Crippen LogP contribution in [0.2, 0.25) is 0 Å². The van der Waals surface area contributed by atoms with Crippen molar-refractivity contribution in [3.8, 4) is 5.75 Å². The van der Waals surface area contributed by atoms with Crippen molar-refractivity contribution in [1.29, 1.82) is 0 Å². The minimum atomic E-state index is 0.0305. The third kappa shape index (κ3) is 3.69. The fourth-order valence-corrected chi connectivity index (χ4v) is 3.74. The van der Waals surface area contributed by atoms with Gasteiger partial charge in [-0.25, -0.2) is 0 Å². The van der Waals surface area contributed by atoms with Crippen LogP contribution in [0.3, 0.4) is 0 Å². The Bertz CT molecular complexity index is 685. The predicted octanol–water partition coefficient (Wildman–Crippen LogP) is 3.43. The smallest absolute Gasteiger partial charge is 0.126 e. The number of hydrogen-bond acceptors (Lipinski definition) is 2. The summed E-state index contributed by atoms with van der Waals surface area (Å²) in [4.78, 5) is 0. The first kappa shape index (κ1) is 17.0. The quantitative estimate of drug-likeness (QED) is 0.852. The van der Waals surface area contributed by atoms with E-state index in [0.29, 0.717) is 14.3 Å². The molecular formula is C19H25O2P. The molecule has 0 aromatic heterocycles. The molecule has 0 spiro atoms. The Balaban J connectivity index is 2.47. The standard InChI is InChI=1S/C19H25O2P/c1-12-6-7-16(14(8-12)11-20)22-17-10-15(19(3,4)5)9-13(2)18(17)21/h6-10,20-22H,11H2,1-5H3. The van der Waals surface area contributed by atoms with E-state index in [2.05, 4.69) is 45.0 Å². The van der Waals surface area contributed by atoms with Crippen LogP contribution in [0.15, 0.2) is 30.3 Å². The molecule has 2 aromatic carbocycles. The van der Waals surface area contributed by atoms with E-state index < -0.39 is 0 Å². The van der Waals surface area contributed by atoms with Crippen LogP contribution in [0.5, 0.6) is 5.75 Å². The second kappa shape index (κ2) is 6.40. The van der Waals surface area contributed by atoms with Gasteiger partial charge in [0.15, 0.2) is 0 Å². The van der Waals surface area contributed by atoms with Crippen LogP contribution >= 0.6 is 8.58 Å². The molecule has 2 N–H and O–H groups in total. The van der Waals surface area contributed by atoms with E-state index >= 15 is 0 Å². The van der Waals surface area contributed by atoms with Crippen molar-refractivity contribution in [2.45, 2.75) is 46.6 Å². The van der Waals surface area contributed by atoms with Gasteiger partial charge in [-0.3, -0.25) is 0 Å². The van der Waals surface area contributed by atoms with Gasteiger partial charge in [-0.15, -0.1) is 0 Å². The number of aliphatic hydroxyl groups is 1. The molecule has 0 fully saturated rings. The molecule has 0 aliphatic carbocycles. The zero-order valence-corrected chi connectivity index (χ0v) is 15.0. The van der Waals surface area contributed by atoms with Crippen LogP contribution in [0.4, 0.5) is 0 Å². The van der Waals surface area contributed by atoms with Gasteiger partial charge in [0.25, 0.3) is 0 Å². The fraction of sp³-hybridized carbons (Fsp3) is 0.368. The lowest BCUT2D eigenvalue weighted by Crippen LogP contribution is -2.16. The molecule has 22 heavy (non-hydrogen) atoms. The first-order valence-corrected chi connectivity index (χ1v) is 8.54. The lowest BCUT2D eigenvalue weighted by molar-refractivity contribution is 0.283. The molecule has 0 saturated carbocycles. The average Bonchev–Trinajstić information content (AvgIpc) is 2.44. The predicted molar refractivity (Wildman–Crippen MR) is 96.2 cm³/mol. The van der Waals surface area contributed by atoms with E-state index in [4.69, 9.17) is 0 Å². The van der Waals surface area contributed by atoms with Gasteiger partial charge in [-0.05, 0) is 47.3 Å². The second-order valence-corrected chi connectivity index (χ2v) is 8.21. The lowest BCUT2D eigenvalue weighted by Gasteiger charge is -2.22. The molecule has 1 atom stereocenters. The highest BCUT2D eigenvalue weighted by Gasteiger charge is 2.18. The fourth-order valence-electron chi connectivity index (χ4n) is 2.43. The summed E-state index contributed by atoms with van der Waals surface area (Å²) in [5, 5.41) is 22.0. The van der Waals surface area contributed by atoms with E-state index in [0.717, 1.165) is 27.3 Å². The Labute approximate surface area is 135 Å². The highest BCUT2D eigenvalue weighted by molar-refractivity contribution is 7.55. The minimum absolute atomic E-state index is 0.0305. The molecule has 2 nitrogen and oxygen atoms in total. The minimum Gasteiger partial charge on any atom is -0.507 e. The Kier molecular flexibility index (Phi) is 4.94. The molecule has 1 unspecified atom stereocenters. The first-order valence-electron chi connectivity index (χ1n) is 7.54. The number of phenolic OH excluding ortho intramolecular Hbond substituents is 1. The van der Waals surface area contributed by atoms with Crippen LogP contribution in [0, 0.1) is 13.8 Å². The number of benzene rings is 2. The van der Waals surface area contributed by atoms with Gasteiger partial charge in [0, 0.05) is 5.30 Å². The Morgan fingerprint density at radius 1 is 1.00 bits per heavy atom. The molecule has 0 radical (unpaired) electrons. The first-order chi connectivity index (χ1) is 10.2. The van der Waals surface area contributed by atoms with E-state index in [1.165, 1.54) is 5.56 Å². The maximum atomic E-state index is 10.4. The molecule has 0 amide bonds. The Hall–Kier alpha value is -1.37. The maximum Gasteiger partial charge on any atom is 0.126 e. The second-order valence-electron chi connectivity index (χ2n) is 6.88. The van der Waals surface area contributed by atoms with E-state index in [1.807, 2.05) is 19.9 Å². The molecule has 0 bridgehead atoms. The van der Waals surface area contributed by atoms with Gasteiger partial charge >= 0.3 is 0 Å². The summed E-state index contributed by atoms with van der Waals surface area (Å²) in [6, 6.07) is 10.3. The molecule has 2 rings (SSSR count). The highest BCUT2D eigenvalue weighted by atomic mass is 31.1. The van der Waals surface area contributed by atoms with Gasteiger partial charge in [0.1, 0.15) is 5.75 Å². The third-order valence-electron chi connectivity index (χ3n) is 3.87. The van der Waals surface area contributed by atoms with Crippen molar-refractivity contribution in [2.24, 2.45) is 0 Å². The molecule has 0 aliphatic heterocycles. The Morgan fingerprint density at radius 3 is 2.27 bits per heavy atom. The largest absolute Gasteiger partial charge is 0.507 e. The van der Waals surface area contributed by atoms with E-state index in [9.17, 15) is 10.2 Å². The summed E-state index contributed by atoms with van der Waals surface area (Å²) in [5.41, 5.74) is 4.26. The molecule has 2 aromatic rings. The topological polar surface area (TPSA) is 40.5 Å². The van der Waals surface area contributed by atoms with Gasteiger partial charge < -0.3 is 10.2 Å². The zero-order valence-electron chi connectivity index (χ0n) is 14.0. The summed E-state index contributed by atoms with van der Waals surface area (Å²) < 4.78 is 0. The number of aliphatic hydroxyl groups excluding tert-OH is 1. The van der Waals surface area contributed by atoms with Gasteiger partial charge in [0.05, 0.1) is 6.61 Å². The maximum absolute atomic E-state index is 10.4. The third-order valence-corrected chi connectivity index (χ3v) is 5.27. The van der Waals surface area contributed by atoms with Crippen LogP contribution in [-0.4, -0.2) is 10.2 Å². The van der Waals surface area contributed by atoms with Crippen molar-refractivity contribution in [1.82, 2.24) is 0 Å². The molecular weight excluding hydrogens is 291 g/mol. The summed E-state index contributed by atoms with van der Waals surface area (Å²) in [7, 11) is 0.339. The molecule has 0 aliphatic rings. The summed E-state index contributed by atoms with van der Waals surface area (Å²) >= 11 is 0. The number of aryl methyl sites for hydroxylation is 2. The van der Waals surface area contributed by atoms with E-state index in [1.54, 1.807) is 0 Å². The van der Waals surface area contributed by atoms with Crippen LogP contribution in [0.25, 0.3) is 0 Å². The van der Waals surface area contributed by atoms with Crippen molar-refractivity contribution >= 4 is 19.2 Å². The molecule has 3 heteroatoms. The number of rotatable bonds is 3. The monoisotopic (exact) mass is 316 g/mol. The van der Waals surface area contributed by atoms with Crippen LogP contribution in [-0.2, 0) is 12.0 Å². The zero-order chi connectivity index (χ0) is 16.5. The lowest BCUT2D eigenvalue weighted by atomic mass is 9.86. The van der Waals surface area contributed by atoms with Gasteiger partial charge in [0.2, 0.25) is 0 Å². The average molecular weight is 316 g/mol. The summed E-state index contributed by atoms with van der Waals surface area (Å²) in [5.74, 6) is 0.371. The molecule has 118 valence electrons. The van der Waals surface area contributed by atoms with Crippen LogP contribution in [0.1, 0.15) is 43.0 Å².